The van der Waals surface area contributed by atoms with Crippen LogP contribution in [0, 0.1) is 0 Å². The van der Waals surface area contributed by atoms with Gasteiger partial charge in [-0.3, -0.25) is 10.1 Å². The SMILES string of the molecule is CC(NCc1ccncc1)c1ccn[nH]1. The average molecular weight is 202 g/mol. The van der Waals surface area contributed by atoms with Crippen LogP contribution in [-0.2, 0) is 6.54 Å². The molecule has 0 saturated carbocycles. The zero-order valence-electron chi connectivity index (χ0n) is 8.64. The summed E-state index contributed by atoms with van der Waals surface area (Å²) < 4.78 is 0. The van der Waals surface area contributed by atoms with E-state index in [0.29, 0.717) is 0 Å². The Hall–Kier alpha value is -1.68. The number of pyridine rings is 1. The summed E-state index contributed by atoms with van der Waals surface area (Å²) >= 11 is 0. The molecule has 2 rings (SSSR count). The third-order valence-corrected chi connectivity index (χ3v) is 2.35. The van der Waals surface area contributed by atoms with Gasteiger partial charge in [-0.1, -0.05) is 0 Å². The molecule has 0 aliphatic carbocycles. The molecule has 0 amide bonds. The number of aromatic nitrogens is 3. The van der Waals surface area contributed by atoms with Crippen molar-refractivity contribution >= 4 is 0 Å². The second-order valence-electron chi connectivity index (χ2n) is 3.47. The van der Waals surface area contributed by atoms with Gasteiger partial charge >= 0.3 is 0 Å². The fourth-order valence-electron chi connectivity index (χ4n) is 1.39. The Balaban J connectivity index is 1.89. The van der Waals surface area contributed by atoms with Crippen LogP contribution in [0.5, 0.6) is 0 Å². The predicted octanol–water partition coefficient (Wildman–Crippen LogP) is 1.66. The summed E-state index contributed by atoms with van der Waals surface area (Å²) in [5.41, 5.74) is 2.33. The number of aromatic amines is 1. The van der Waals surface area contributed by atoms with Gasteiger partial charge in [-0.25, -0.2) is 0 Å². The van der Waals surface area contributed by atoms with Gasteiger partial charge in [0.05, 0.1) is 5.69 Å². The topological polar surface area (TPSA) is 53.6 Å². The van der Waals surface area contributed by atoms with Crippen molar-refractivity contribution in [2.24, 2.45) is 0 Å². The normalized spacial score (nSPS) is 12.6. The molecule has 0 saturated heterocycles. The van der Waals surface area contributed by atoms with Crippen molar-refractivity contribution in [3.05, 3.63) is 48.0 Å². The first-order valence-corrected chi connectivity index (χ1v) is 4.98. The zero-order chi connectivity index (χ0) is 10.5. The van der Waals surface area contributed by atoms with Crippen LogP contribution >= 0.6 is 0 Å². The Morgan fingerprint density at radius 2 is 2.07 bits per heavy atom. The summed E-state index contributed by atoms with van der Waals surface area (Å²) in [4.78, 5) is 3.98. The monoisotopic (exact) mass is 202 g/mol. The fraction of sp³-hybridized carbons (Fsp3) is 0.273. The van der Waals surface area contributed by atoms with E-state index in [1.54, 1.807) is 18.6 Å². The highest BCUT2D eigenvalue weighted by Crippen LogP contribution is 2.08. The van der Waals surface area contributed by atoms with Gasteiger partial charge < -0.3 is 5.32 Å². The van der Waals surface area contributed by atoms with Crippen LogP contribution in [0.4, 0.5) is 0 Å². The number of hydrogen-bond acceptors (Lipinski definition) is 3. The van der Waals surface area contributed by atoms with Crippen molar-refractivity contribution < 1.29 is 0 Å². The molecule has 0 aliphatic rings. The molecule has 0 radical (unpaired) electrons. The highest BCUT2D eigenvalue weighted by Gasteiger charge is 2.04. The minimum atomic E-state index is 0.278. The van der Waals surface area contributed by atoms with Gasteiger partial charge in [-0.15, -0.1) is 0 Å². The van der Waals surface area contributed by atoms with Crippen molar-refractivity contribution in [2.75, 3.05) is 0 Å². The van der Waals surface area contributed by atoms with Gasteiger partial charge in [0.25, 0.3) is 0 Å². The highest BCUT2D eigenvalue weighted by molar-refractivity contribution is 5.10. The summed E-state index contributed by atoms with van der Waals surface area (Å²) in [6, 6.07) is 6.27. The molecule has 4 nitrogen and oxygen atoms in total. The summed E-state index contributed by atoms with van der Waals surface area (Å²) in [6.07, 6.45) is 5.37. The number of nitrogens with one attached hydrogen (secondary N) is 2. The summed E-state index contributed by atoms with van der Waals surface area (Å²) in [5, 5.41) is 10.3. The average Bonchev–Trinajstić information content (AvgIpc) is 2.81. The van der Waals surface area contributed by atoms with Crippen molar-refractivity contribution in [3.63, 3.8) is 0 Å². The molecule has 2 aromatic rings. The van der Waals surface area contributed by atoms with E-state index >= 15 is 0 Å². The summed E-state index contributed by atoms with van der Waals surface area (Å²) in [7, 11) is 0. The molecule has 0 fully saturated rings. The van der Waals surface area contributed by atoms with Gasteiger partial charge in [0.15, 0.2) is 0 Å². The molecule has 15 heavy (non-hydrogen) atoms. The largest absolute Gasteiger partial charge is 0.305 e. The highest BCUT2D eigenvalue weighted by atomic mass is 15.1. The minimum Gasteiger partial charge on any atom is -0.305 e. The predicted molar refractivity (Wildman–Crippen MR) is 58.1 cm³/mol. The number of rotatable bonds is 4. The second-order valence-corrected chi connectivity index (χ2v) is 3.47. The molecule has 2 aromatic heterocycles. The van der Waals surface area contributed by atoms with Crippen molar-refractivity contribution in [1.82, 2.24) is 20.5 Å². The first kappa shape index (κ1) is 9.86. The van der Waals surface area contributed by atoms with Crippen LogP contribution in [0.3, 0.4) is 0 Å². The third-order valence-electron chi connectivity index (χ3n) is 2.35. The minimum absolute atomic E-state index is 0.278. The van der Waals surface area contributed by atoms with E-state index in [2.05, 4.69) is 27.4 Å². The van der Waals surface area contributed by atoms with Crippen LogP contribution in [0.25, 0.3) is 0 Å². The molecular formula is C11H14N4. The molecule has 0 aromatic carbocycles. The Bertz CT molecular complexity index is 382. The number of hydrogen-bond donors (Lipinski definition) is 2. The van der Waals surface area contributed by atoms with Crippen LogP contribution in [0.2, 0.25) is 0 Å². The molecule has 1 unspecified atom stereocenters. The van der Waals surface area contributed by atoms with Crippen LogP contribution < -0.4 is 5.32 Å². The van der Waals surface area contributed by atoms with Gasteiger partial charge in [-0.2, -0.15) is 5.10 Å². The maximum Gasteiger partial charge on any atom is 0.0518 e. The van der Waals surface area contributed by atoms with E-state index in [-0.39, 0.29) is 6.04 Å². The maximum absolute atomic E-state index is 3.98. The number of nitrogens with zero attached hydrogens (tertiary/aromatic N) is 2. The van der Waals surface area contributed by atoms with E-state index in [1.807, 2.05) is 18.2 Å². The van der Waals surface area contributed by atoms with E-state index in [1.165, 1.54) is 5.56 Å². The lowest BCUT2D eigenvalue weighted by Crippen LogP contribution is -2.18. The molecule has 2 N–H and O–H groups in total. The second kappa shape index (κ2) is 4.70. The first-order valence-electron chi connectivity index (χ1n) is 4.98. The summed E-state index contributed by atoms with van der Waals surface area (Å²) in [6.45, 7) is 2.94. The van der Waals surface area contributed by atoms with Crippen molar-refractivity contribution in [3.8, 4) is 0 Å². The Morgan fingerprint density at radius 3 is 2.73 bits per heavy atom. The van der Waals surface area contributed by atoms with Crippen LogP contribution in [-0.4, -0.2) is 15.2 Å². The number of H-pyrrole nitrogens is 1. The van der Waals surface area contributed by atoms with Crippen molar-refractivity contribution in [1.29, 1.82) is 0 Å². The van der Waals surface area contributed by atoms with Crippen LogP contribution in [0.15, 0.2) is 36.8 Å². The lowest BCUT2D eigenvalue weighted by Gasteiger charge is -2.11. The summed E-state index contributed by atoms with van der Waals surface area (Å²) in [5.74, 6) is 0. The van der Waals surface area contributed by atoms with Gasteiger partial charge in [-0.05, 0) is 30.7 Å². The maximum atomic E-state index is 3.98. The van der Waals surface area contributed by atoms with E-state index in [4.69, 9.17) is 0 Å². The quantitative estimate of drug-likeness (QED) is 0.792. The molecule has 1 atom stereocenters. The molecule has 0 spiro atoms. The zero-order valence-corrected chi connectivity index (χ0v) is 8.64. The van der Waals surface area contributed by atoms with Gasteiger partial charge in [0.2, 0.25) is 0 Å². The molecule has 4 heteroatoms. The Kier molecular flexibility index (Phi) is 3.09. The fourth-order valence-corrected chi connectivity index (χ4v) is 1.39. The van der Waals surface area contributed by atoms with E-state index in [0.717, 1.165) is 12.2 Å². The molecule has 2 heterocycles. The lowest BCUT2D eigenvalue weighted by atomic mass is 10.2. The van der Waals surface area contributed by atoms with Crippen LogP contribution in [0.1, 0.15) is 24.2 Å². The smallest absolute Gasteiger partial charge is 0.0518 e. The molecule has 0 aliphatic heterocycles. The lowest BCUT2D eigenvalue weighted by molar-refractivity contribution is 0.560. The molecule has 78 valence electrons. The van der Waals surface area contributed by atoms with E-state index < -0.39 is 0 Å². The van der Waals surface area contributed by atoms with E-state index in [9.17, 15) is 0 Å². The standard InChI is InChI=1S/C11H14N4/c1-9(11-4-7-14-15-11)13-8-10-2-5-12-6-3-10/h2-7,9,13H,8H2,1H3,(H,14,15). The molecular weight excluding hydrogens is 188 g/mol. The Labute approximate surface area is 88.8 Å². The third kappa shape index (κ3) is 2.63. The first-order chi connectivity index (χ1) is 7.36. The van der Waals surface area contributed by atoms with Gasteiger partial charge in [0, 0.05) is 31.2 Å². The van der Waals surface area contributed by atoms with Crippen molar-refractivity contribution in [2.45, 2.75) is 19.5 Å². The Morgan fingerprint density at radius 1 is 1.27 bits per heavy atom. The van der Waals surface area contributed by atoms with Gasteiger partial charge in [0.1, 0.15) is 0 Å². The molecule has 0 bridgehead atoms.